The molecule has 1 aromatic heterocycles. The number of nitrogens with zero attached hydrogens (tertiary/aromatic N) is 1. The van der Waals surface area contributed by atoms with E-state index in [1.165, 1.54) is 18.3 Å². The summed E-state index contributed by atoms with van der Waals surface area (Å²) in [5.41, 5.74) is 1.07. The average Bonchev–Trinajstić information content (AvgIpc) is 2.39. The third kappa shape index (κ3) is 3.30. The van der Waals surface area contributed by atoms with Crippen molar-refractivity contribution < 1.29 is 13.5 Å². The molecule has 2 rings (SSSR count). The summed E-state index contributed by atoms with van der Waals surface area (Å²) in [6.07, 6.45) is 2.37. The van der Waals surface area contributed by atoms with E-state index in [2.05, 4.69) is 9.71 Å². The van der Waals surface area contributed by atoms with Gasteiger partial charge in [0.25, 0.3) is 10.0 Å². The van der Waals surface area contributed by atoms with Gasteiger partial charge in [-0.05, 0) is 36.8 Å². The highest BCUT2D eigenvalue weighted by molar-refractivity contribution is 7.92. The van der Waals surface area contributed by atoms with E-state index >= 15 is 0 Å². The van der Waals surface area contributed by atoms with Gasteiger partial charge in [-0.15, -0.1) is 0 Å². The largest absolute Gasteiger partial charge is 0.389 e. The molecule has 0 fully saturated rings. The minimum Gasteiger partial charge on any atom is -0.389 e. The van der Waals surface area contributed by atoms with Crippen molar-refractivity contribution >= 4 is 15.7 Å². The Morgan fingerprint density at radius 1 is 1.21 bits per heavy atom. The van der Waals surface area contributed by atoms with Crippen molar-refractivity contribution in [3.63, 3.8) is 0 Å². The lowest BCUT2D eigenvalue weighted by Crippen LogP contribution is -2.13. The number of hydrogen-bond donors (Lipinski definition) is 2. The molecular weight excluding hydrogens is 264 g/mol. The first-order valence-corrected chi connectivity index (χ1v) is 7.18. The van der Waals surface area contributed by atoms with E-state index in [1.54, 1.807) is 37.4 Å². The predicted octanol–water partition coefficient (Wildman–Crippen LogP) is 1.94. The Labute approximate surface area is 112 Å². The summed E-state index contributed by atoms with van der Waals surface area (Å²) in [6, 6.07) is 9.36. The summed E-state index contributed by atoms with van der Waals surface area (Å²) >= 11 is 0. The van der Waals surface area contributed by atoms with Crippen molar-refractivity contribution in [2.75, 3.05) is 4.72 Å². The second-order valence-electron chi connectivity index (χ2n) is 4.09. The van der Waals surface area contributed by atoms with Crippen LogP contribution >= 0.6 is 0 Å². The molecule has 5 nitrogen and oxygen atoms in total. The molecule has 0 aliphatic rings. The number of benzene rings is 1. The molecule has 19 heavy (non-hydrogen) atoms. The molecular formula is C13H14N2O3S. The molecule has 0 saturated heterocycles. The van der Waals surface area contributed by atoms with Crippen LogP contribution in [-0.4, -0.2) is 18.5 Å². The minimum absolute atomic E-state index is 0.140. The first-order valence-electron chi connectivity index (χ1n) is 5.70. The van der Waals surface area contributed by atoms with Gasteiger partial charge in [-0.1, -0.05) is 12.1 Å². The standard InChI is InChI=1S/C13H14N2O3S/c1-10(16)11-4-6-13(7-5-11)19(17,18)15-12-3-2-8-14-9-12/h2-10,15-16H,1H3. The van der Waals surface area contributed by atoms with Gasteiger partial charge < -0.3 is 5.11 Å². The van der Waals surface area contributed by atoms with Gasteiger partial charge in [-0.3, -0.25) is 9.71 Å². The van der Waals surface area contributed by atoms with Gasteiger partial charge in [0, 0.05) is 6.20 Å². The molecule has 0 bridgehead atoms. The van der Waals surface area contributed by atoms with E-state index in [-0.39, 0.29) is 4.90 Å². The van der Waals surface area contributed by atoms with Crippen molar-refractivity contribution in [2.24, 2.45) is 0 Å². The van der Waals surface area contributed by atoms with E-state index in [1.807, 2.05) is 0 Å². The second-order valence-corrected chi connectivity index (χ2v) is 5.77. The topological polar surface area (TPSA) is 79.3 Å². The first-order chi connectivity index (χ1) is 8.99. The molecule has 1 heterocycles. The molecule has 2 aromatic rings. The summed E-state index contributed by atoms with van der Waals surface area (Å²) in [7, 11) is -3.63. The minimum atomic E-state index is -3.63. The van der Waals surface area contributed by atoms with Crippen LogP contribution in [0.1, 0.15) is 18.6 Å². The molecule has 0 aliphatic carbocycles. The zero-order valence-electron chi connectivity index (χ0n) is 10.3. The van der Waals surface area contributed by atoms with Crippen molar-refractivity contribution in [2.45, 2.75) is 17.9 Å². The number of aliphatic hydroxyl groups excluding tert-OH is 1. The molecule has 0 saturated carbocycles. The van der Waals surface area contributed by atoms with E-state index < -0.39 is 16.1 Å². The van der Waals surface area contributed by atoms with Crippen LogP contribution in [0.25, 0.3) is 0 Å². The maximum Gasteiger partial charge on any atom is 0.261 e. The molecule has 0 spiro atoms. The van der Waals surface area contributed by atoms with Gasteiger partial charge in [0.2, 0.25) is 0 Å². The van der Waals surface area contributed by atoms with Crippen LogP contribution in [0.4, 0.5) is 5.69 Å². The van der Waals surface area contributed by atoms with Crippen LogP contribution in [0.15, 0.2) is 53.7 Å². The first kappa shape index (κ1) is 13.5. The van der Waals surface area contributed by atoms with Crippen LogP contribution in [0.3, 0.4) is 0 Å². The van der Waals surface area contributed by atoms with E-state index in [4.69, 9.17) is 0 Å². The molecule has 0 aliphatic heterocycles. The molecule has 1 unspecified atom stereocenters. The molecule has 6 heteroatoms. The van der Waals surface area contributed by atoms with Crippen LogP contribution < -0.4 is 4.72 Å². The van der Waals surface area contributed by atoms with Gasteiger partial charge in [-0.25, -0.2) is 8.42 Å². The molecule has 2 N–H and O–H groups in total. The lowest BCUT2D eigenvalue weighted by Gasteiger charge is -2.09. The van der Waals surface area contributed by atoms with Crippen LogP contribution in [0.2, 0.25) is 0 Å². The number of pyridine rings is 1. The van der Waals surface area contributed by atoms with Crippen LogP contribution in [-0.2, 0) is 10.0 Å². The Morgan fingerprint density at radius 2 is 1.89 bits per heavy atom. The zero-order valence-corrected chi connectivity index (χ0v) is 11.1. The van der Waals surface area contributed by atoms with Crippen molar-refractivity contribution in [3.8, 4) is 0 Å². The smallest absolute Gasteiger partial charge is 0.261 e. The molecule has 0 radical (unpaired) electrons. The average molecular weight is 278 g/mol. The fraction of sp³-hybridized carbons (Fsp3) is 0.154. The number of aliphatic hydroxyl groups is 1. The Hall–Kier alpha value is -1.92. The molecule has 1 atom stereocenters. The molecule has 100 valence electrons. The summed E-state index contributed by atoms with van der Waals surface area (Å²) in [4.78, 5) is 3.98. The summed E-state index contributed by atoms with van der Waals surface area (Å²) < 4.78 is 26.6. The van der Waals surface area contributed by atoms with Crippen molar-refractivity contribution in [1.29, 1.82) is 0 Å². The molecule has 1 aromatic carbocycles. The number of anilines is 1. The Balaban J connectivity index is 2.25. The van der Waals surface area contributed by atoms with Gasteiger partial charge in [0.05, 0.1) is 22.9 Å². The van der Waals surface area contributed by atoms with E-state index in [0.717, 1.165) is 0 Å². The highest BCUT2D eigenvalue weighted by Gasteiger charge is 2.14. The normalized spacial score (nSPS) is 12.9. The predicted molar refractivity (Wildman–Crippen MR) is 72.1 cm³/mol. The Bertz CT molecular complexity index is 637. The number of nitrogens with one attached hydrogen (secondary N) is 1. The summed E-state index contributed by atoms with van der Waals surface area (Å²) in [6.45, 7) is 1.62. The quantitative estimate of drug-likeness (QED) is 0.895. The molecule has 0 amide bonds. The number of aromatic nitrogens is 1. The monoisotopic (exact) mass is 278 g/mol. The van der Waals surface area contributed by atoms with Crippen LogP contribution in [0, 0.1) is 0 Å². The highest BCUT2D eigenvalue weighted by Crippen LogP contribution is 2.18. The second kappa shape index (κ2) is 5.38. The van der Waals surface area contributed by atoms with Crippen molar-refractivity contribution in [3.05, 3.63) is 54.4 Å². The lowest BCUT2D eigenvalue weighted by atomic mass is 10.1. The maximum atomic E-state index is 12.1. The van der Waals surface area contributed by atoms with E-state index in [9.17, 15) is 13.5 Å². The fourth-order valence-electron chi connectivity index (χ4n) is 1.56. The van der Waals surface area contributed by atoms with E-state index in [0.29, 0.717) is 11.3 Å². The third-order valence-corrected chi connectivity index (χ3v) is 3.98. The van der Waals surface area contributed by atoms with Gasteiger partial charge in [0.1, 0.15) is 0 Å². The summed E-state index contributed by atoms with van der Waals surface area (Å²) in [5.74, 6) is 0. The zero-order chi connectivity index (χ0) is 13.9. The fourth-order valence-corrected chi connectivity index (χ4v) is 2.61. The third-order valence-electron chi connectivity index (χ3n) is 2.59. The van der Waals surface area contributed by atoms with Gasteiger partial charge >= 0.3 is 0 Å². The number of hydrogen-bond acceptors (Lipinski definition) is 4. The lowest BCUT2D eigenvalue weighted by molar-refractivity contribution is 0.199. The van der Waals surface area contributed by atoms with Gasteiger partial charge in [0.15, 0.2) is 0 Å². The van der Waals surface area contributed by atoms with Gasteiger partial charge in [-0.2, -0.15) is 0 Å². The van der Waals surface area contributed by atoms with Crippen LogP contribution in [0.5, 0.6) is 0 Å². The maximum absolute atomic E-state index is 12.1. The Morgan fingerprint density at radius 3 is 2.42 bits per heavy atom. The highest BCUT2D eigenvalue weighted by atomic mass is 32.2. The van der Waals surface area contributed by atoms with Crippen molar-refractivity contribution in [1.82, 2.24) is 4.98 Å². The number of rotatable bonds is 4. The number of sulfonamides is 1. The Kier molecular flexibility index (Phi) is 3.82. The summed E-state index contributed by atoms with van der Waals surface area (Å²) in [5, 5.41) is 9.38. The SMILES string of the molecule is CC(O)c1ccc(S(=O)(=O)Nc2cccnc2)cc1.